The number of nitrogens with one attached hydrogen (secondary N) is 1. The normalized spacial score (nSPS) is 24.6. The number of fused-ring (bicyclic) bond motifs is 1. The molecular formula is C14H16N2OS. The van der Waals surface area contributed by atoms with Crippen LogP contribution in [0.3, 0.4) is 0 Å². The van der Waals surface area contributed by atoms with Gasteiger partial charge in [-0.3, -0.25) is 0 Å². The van der Waals surface area contributed by atoms with Gasteiger partial charge >= 0.3 is 0 Å². The maximum Gasteiger partial charge on any atom is 0.0969 e. The predicted octanol–water partition coefficient (Wildman–Crippen LogP) is 2.83. The molecule has 1 saturated carbocycles. The quantitative estimate of drug-likeness (QED) is 0.901. The van der Waals surface area contributed by atoms with Gasteiger partial charge in [0.15, 0.2) is 0 Å². The summed E-state index contributed by atoms with van der Waals surface area (Å²) in [5, 5.41) is 4.70. The Morgan fingerprint density at radius 1 is 1.33 bits per heavy atom. The zero-order valence-corrected chi connectivity index (χ0v) is 11.0. The van der Waals surface area contributed by atoms with Crippen molar-refractivity contribution in [3.63, 3.8) is 0 Å². The van der Waals surface area contributed by atoms with Gasteiger partial charge in [-0.1, -0.05) is 6.07 Å². The van der Waals surface area contributed by atoms with Crippen LogP contribution in [0.4, 0.5) is 0 Å². The number of ether oxygens (including phenoxy) is 1. The molecule has 1 aliphatic carbocycles. The Morgan fingerprint density at radius 2 is 2.28 bits per heavy atom. The molecule has 1 aromatic carbocycles. The van der Waals surface area contributed by atoms with Gasteiger partial charge in [0.2, 0.25) is 0 Å². The second kappa shape index (κ2) is 4.30. The summed E-state index contributed by atoms with van der Waals surface area (Å²) >= 11 is 1.86. The molecular weight excluding hydrogens is 244 g/mol. The lowest BCUT2D eigenvalue weighted by Crippen LogP contribution is -2.33. The summed E-state index contributed by atoms with van der Waals surface area (Å²) in [4.78, 5) is 4.77. The summed E-state index contributed by atoms with van der Waals surface area (Å²) in [7, 11) is 0. The van der Waals surface area contributed by atoms with Crippen LogP contribution in [0.5, 0.6) is 0 Å². The highest BCUT2D eigenvalue weighted by Crippen LogP contribution is 2.43. The van der Waals surface area contributed by atoms with Gasteiger partial charge < -0.3 is 10.1 Å². The molecule has 0 amide bonds. The molecule has 1 unspecified atom stereocenters. The Kier molecular flexibility index (Phi) is 2.60. The smallest absolute Gasteiger partial charge is 0.0969 e. The Hall–Kier alpha value is -0.970. The molecule has 94 valence electrons. The lowest BCUT2D eigenvalue weighted by Gasteiger charge is -2.23. The molecule has 0 radical (unpaired) electrons. The van der Waals surface area contributed by atoms with Gasteiger partial charge in [0.1, 0.15) is 0 Å². The molecule has 1 saturated heterocycles. The maximum atomic E-state index is 5.79. The molecule has 2 aliphatic rings. The van der Waals surface area contributed by atoms with Crippen molar-refractivity contribution < 1.29 is 4.74 Å². The number of nitrogens with zero attached hydrogens (tertiary/aromatic N) is 1. The molecule has 1 aliphatic heterocycles. The third-order valence-electron chi connectivity index (χ3n) is 3.65. The van der Waals surface area contributed by atoms with Crippen LogP contribution in [0, 0.1) is 0 Å². The molecule has 1 aromatic heterocycles. The number of thiazole rings is 1. The van der Waals surface area contributed by atoms with E-state index in [2.05, 4.69) is 23.5 Å². The van der Waals surface area contributed by atoms with Crippen LogP contribution >= 0.6 is 11.3 Å². The summed E-state index contributed by atoms with van der Waals surface area (Å²) < 4.78 is 7.10. The van der Waals surface area contributed by atoms with Crippen molar-refractivity contribution in [3.05, 3.63) is 28.8 Å². The van der Waals surface area contributed by atoms with Crippen LogP contribution in [0.15, 0.2) is 18.2 Å². The summed E-state index contributed by atoms with van der Waals surface area (Å²) in [5.41, 5.74) is 2.40. The topological polar surface area (TPSA) is 34.2 Å². The van der Waals surface area contributed by atoms with E-state index >= 15 is 0 Å². The van der Waals surface area contributed by atoms with Gasteiger partial charge in [0, 0.05) is 19.0 Å². The minimum absolute atomic E-state index is 0.189. The summed E-state index contributed by atoms with van der Waals surface area (Å²) in [5.74, 6) is 0.749. The first kappa shape index (κ1) is 10.9. The molecule has 2 heterocycles. The van der Waals surface area contributed by atoms with Crippen LogP contribution in [-0.4, -0.2) is 24.7 Å². The van der Waals surface area contributed by atoms with Crippen LogP contribution < -0.4 is 5.32 Å². The van der Waals surface area contributed by atoms with E-state index in [4.69, 9.17) is 9.72 Å². The van der Waals surface area contributed by atoms with E-state index in [1.165, 1.54) is 28.1 Å². The third kappa shape index (κ3) is 1.94. The SMILES string of the molecule is c1cc2sc(C3CC3)nc2cc1C1CNCCO1. The molecule has 2 fully saturated rings. The molecule has 3 nitrogen and oxygen atoms in total. The highest BCUT2D eigenvalue weighted by atomic mass is 32.1. The van der Waals surface area contributed by atoms with Gasteiger partial charge in [0.25, 0.3) is 0 Å². The first-order valence-electron chi connectivity index (χ1n) is 6.63. The fourth-order valence-electron chi connectivity index (χ4n) is 2.45. The maximum absolute atomic E-state index is 5.79. The van der Waals surface area contributed by atoms with Crippen LogP contribution in [0.1, 0.15) is 35.4 Å². The average molecular weight is 260 g/mol. The number of morpholine rings is 1. The molecule has 4 rings (SSSR count). The van der Waals surface area contributed by atoms with E-state index < -0.39 is 0 Å². The van der Waals surface area contributed by atoms with Crippen LogP contribution in [-0.2, 0) is 4.74 Å². The van der Waals surface area contributed by atoms with Crippen LogP contribution in [0.25, 0.3) is 10.2 Å². The van der Waals surface area contributed by atoms with E-state index in [1.54, 1.807) is 0 Å². The molecule has 4 heteroatoms. The van der Waals surface area contributed by atoms with Crippen molar-refractivity contribution in [2.24, 2.45) is 0 Å². The summed E-state index contributed by atoms with van der Waals surface area (Å²) in [6.45, 7) is 2.67. The van der Waals surface area contributed by atoms with E-state index in [1.807, 2.05) is 11.3 Å². The minimum Gasteiger partial charge on any atom is -0.371 e. The first-order chi connectivity index (χ1) is 8.90. The number of benzene rings is 1. The fraction of sp³-hybridized carbons (Fsp3) is 0.500. The van der Waals surface area contributed by atoms with Crippen molar-refractivity contribution in [3.8, 4) is 0 Å². The second-order valence-electron chi connectivity index (χ2n) is 5.12. The minimum atomic E-state index is 0.189. The van der Waals surface area contributed by atoms with Crippen molar-refractivity contribution in [1.29, 1.82) is 0 Å². The van der Waals surface area contributed by atoms with E-state index in [0.717, 1.165) is 31.1 Å². The number of hydrogen-bond donors (Lipinski definition) is 1. The molecule has 2 aromatic rings. The highest BCUT2D eigenvalue weighted by molar-refractivity contribution is 7.18. The lowest BCUT2D eigenvalue weighted by molar-refractivity contribution is 0.0278. The summed E-state index contributed by atoms with van der Waals surface area (Å²) in [6.07, 6.45) is 2.83. The average Bonchev–Trinajstić information content (AvgIpc) is 3.19. The zero-order valence-electron chi connectivity index (χ0n) is 10.2. The number of hydrogen-bond acceptors (Lipinski definition) is 4. The predicted molar refractivity (Wildman–Crippen MR) is 73.2 cm³/mol. The lowest BCUT2D eigenvalue weighted by atomic mass is 10.1. The molecule has 1 atom stereocenters. The van der Waals surface area contributed by atoms with Crippen LogP contribution in [0.2, 0.25) is 0 Å². The first-order valence-corrected chi connectivity index (χ1v) is 7.44. The van der Waals surface area contributed by atoms with E-state index in [0.29, 0.717) is 0 Å². The molecule has 1 N–H and O–H groups in total. The van der Waals surface area contributed by atoms with Gasteiger partial charge in [-0.15, -0.1) is 11.3 Å². The monoisotopic (exact) mass is 260 g/mol. The van der Waals surface area contributed by atoms with Gasteiger partial charge in [-0.05, 0) is 30.5 Å². The standard InChI is InChI=1S/C14H16N2OS/c1-2-9(1)14-16-11-7-10(3-4-13(11)18-14)12-8-15-5-6-17-12/h3-4,7,9,12,15H,1-2,5-6,8H2. The largest absolute Gasteiger partial charge is 0.371 e. The van der Waals surface area contributed by atoms with Crippen molar-refractivity contribution in [2.45, 2.75) is 24.9 Å². The molecule has 0 bridgehead atoms. The highest BCUT2D eigenvalue weighted by Gasteiger charge is 2.27. The van der Waals surface area contributed by atoms with Crippen molar-refractivity contribution in [1.82, 2.24) is 10.3 Å². The zero-order chi connectivity index (χ0) is 11.9. The fourth-order valence-corrected chi connectivity index (χ4v) is 3.56. The number of rotatable bonds is 2. The Morgan fingerprint density at radius 3 is 3.06 bits per heavy atom. The number of aromatic nitrogens is 1. The Bertz CT molecular complexity index is 570. The van der Waals surface area contributed by atoms with Crippen molar-refractivity contribution in [2.75, 3.05) is 19.7 Å². The van der Waals surface area contributed by atoms with Gasteiger partial charge in [-0.25, -0.2) is 4.98 Å². The van der Waals surface area contributed by atoms with Crippen molar-refractivity contribution >= 4 is 21.6 Å². The van der Waals surface area contributed by atoms with Gasteiger partial charge in [-0.2, -0.15) is 0 Å². The van der Waals surface area contributed by atoms with E-state index in [9.17, 15) is 0 Å². The third-order valence-corrected chi connectivity index (χ3v) is 4.85. The van der Waals surface area contributed by atoms with Gasteiger partial charge in [0.05, 0.1) is 27.9 Å². The molecule has 0 spiro atoms. The molecule has 18 heavy (non-hydrogen) atoms. The Labute approximate surface area is 110 Å². The Balaban J connectivity index is 1.69. The van der Waals surface area contributed by atoms with E-state index in [-0.39, 0.29) is 6.10 Å². The second-order valence-corrected chi connectivity index (χ2v) is 6.18. The summed E-state index contributed by atoms with van der Waals surface area (Å²) in [6, 6.07) is 6.59.